The molecule has 0 aliphatic carbocycles. The van der Waals surface area contributed by atoms with Gasteiger partial charge in [-0.15, -0.1) is 0 Å². The predicted octanol–water partition coefficient (Wildman–Crippen LogP) is 3.53. The Morgan fingerprint density at radius 1 is 1.08 bits per heavy atom. The van der Waals surface area contributed by atoms with E-state index in [0.717, 1.165) is 16.9 Å². The summed E-state index contributed by atoms with van der Waals surface area (Å²) < 4.78 is 30.1. The van der Waals surface area contributed by atoms with Gasteiger partial charge in [-0.3, -0.25) is 0 Å². The van der Waals surface area contributed by atoms with Gasteiger partial charge in [-0.25, -0.2) is 4.39 Å². The fraction of sp³-hybridized carbons (Fsp3) is 0.368. The van der Waals surface area contributed by atoms with Crippen LogP contribution in [0.3, 0.4) is 0 Å². The van der Waals surface area contributed by atoms with Gasteiger partial charge in [0.2, 0.25) is 0 Å². The van der Waals surface area contributed by atoms with E-state index in [1.807, 2.05) is 31.2 Å². The van der Waals surface area contributed by atoms with E-state index >= 15 is 0 Å². The van der Waals surface area contributed by atoms with Crippen LogP contribution in [0.4, 0.5) is 4.39 Å². The van der Waals surface area contributed by atoms with Crippen molar-refractivity contribution in [3.8, 4) is 17.2 Å². The Kier molecular flexibility index (Phi) is 6.44. The molecular weight excluding hydrogens is 309 g/mol. The summed E-state index contributed by atoms with van der Waals surface area (Å²) in [5.74, 6) is 1.22. The lowest BCUT2D eigenvalue weighted by molar-refractivity contribution is 0.307. The fourth-order valence-corrected chi connectivity index (χ4v) is 2.73. The van der Waals surface area contributed by atoms with Crippen LogP contribution in [0.25, 0.3) is 0 Å². The first kappa shape index (κ1) is 18.1. The Morgan fingerprint density at radius 3 is 2.42 bits per heavy atom. The smallest absolute Gasteiger partial charge is 0.165 e. The first-order valence-electron chi connectivity index (χ1n) is 7.96. The number of ether oxygens (including phenoxy) is 3. The topological polar surface area (TPSA) is 53.7 Å². The molecule has 2 N–H and O–H groups in total. The van der Waals surface area contributed by atoms with Crippen molar-refractivity contribution in [2.75, 3.05) is 27.4 Å². The highest BCUT2D eigenvalue weighted by Crippen LogP contribution is 2.34. The van der Waals surface area contributed by atoms with Gasteiger partial charge in [-0.05, 0) is 49.2 Å². The van der Waals surface area contributed by atoms with Gasteiger partial charge in [-0.2, -0.15) is 0 Å². The third-order valence-corrected chi connectivity index (χ3v) is 3.97. The van der Waals surface area contributed by atoms with Crippen molar-refractivity contribution in [1.82, 2.24) is 0 Å². The number of hydrogen-bond donors (Lipinski definition) is 1. The highest BCUT2D eigenvalue weighted by molar-refractivity contribution is 5.47. The van der Waals surface area contributed by atoms with Gasteiger partial charge >= 0.3 is 0 Å². The van der Waals surface area contributed by atoms with E-state index in [-0.39, 0.29) is 17.5 Å². The standard InChI is InChI=1S/C19H24FNO3/c1-4-24-19-14(6-5-7-18(19)23-3)10-15(12-21)13-8-9-17(22-2)16(20)11-13/h5-9,11,15H,4,10,12,21H2,1-3H3. The molecule has 0 aromatic heterocycles. The maximum Gasteiger partial charge on any atom is 0.165 e. The van der Waals surface area contributed by atoms with E-state index in [1.54, 1.807) is 13.2 Å². The fourth-order valence-electron chi connectivity index (χ4n) is 2.73. The van der Waals surface area contributed by atoms with Crippen LogP contribution in [0.1, 0.15) is 24.0 Å². The van der Waals surface area contributed by atoms with Crippen LogP contribution in [0.5, 0.6) is 17.2 Å². The van der Waals surface area contributed by atoms with Crippen LogP contribution >= 0.6 is 0 Å². The molecule has 0 spiro atoms. The van der Waals surface area contributed by atoms with Gasteiger partial charge in [0.1, 0.15) is 0 Å². The molecule has 0 bridgehead atoms. The lowest BCUT2D eigenvalue weighted by atomic mass is 9.91. The van der Waals surface area contributed by atoms with Crippen LogP contribution in [0, 0.1) is 5.82 Å². The molecule has 2 aromatic carbocycles. The average Bonchev–Trinajstić information content (AvgIpc) is 2.60. The highest BCUT2D eigenvalue weighted by atomic mass is 19.1. The van der Waals surface area contributed by atoms with E-state index in [0.29, 0.717) is 25.3 Å². The molecule has 0 saturated carbocycles. The Morgan fingerprint density at radius 2 is 1.83 bits per heavy atom. The number of nitrogens with two attached hydrogens (primary N) is 1. The number of rotatable bonds is 8. The minimum atomic E-state index is -0.385. The molecule has 0 aliphatic heterocycles. The molecule has 1 atom stereocenters. The summed E-state index contributed by atoms with van der Waals surface area (Å²) in [4.78, 5) is 0. The van der Waals surface area contributed by atoms with Crippen molar-refractivity contribution in [3.05, 3.63) is 53.3 Å². The van der Waals surface area contributed by atoms with Crippen molar-refractivity contribution in [3.63, 3.8) is 0 Å². The van der Waals surface area contributed by atoms with Crippen LogP contribution in [0.2, 0.25) is 0 Å². The molecule has 0 fully saturated rings. The molecule has 1 unspecified atom stereocenters. The Hall–Kier alpha value is -2.27. The SMILES string of the molecule is CCOc1c(CC(CN)c2ccc(OC)c(F)c2)cccc1OC. The Labute approximate surface area is 142 Å². The van der Waals surface area contributed by atoms with Gasteiger partial charge in [0, 0.05) is 5.92 Å². The van der Waals surface area contributed by atoms with Gasteiger partial charge in [0.25, 0.3) is 0 Å². The van der Waals surface area contributed by atoms with Gasteiger partial charge < -0.3 is 19.9 Å². The minimum absolute atomic E-state index is 0.0308. The Bertz CT molecular complexity index is 676. The number of halogens is 1. The van der Waals surface area contributed by atoms with Crippen molar-refractivity contribution in [2.24, 2.45) is 5.73 Å². The normalized spacial score (nSPS) is 11.9. The van der Waals surface area contributed by atoms with Crippen molar-refractivity contribution in [2.45, 2.75) is 19.3 Å². The minimum Gasteiger partial charge on any atom is -0.494 e. The molecule has 4 nitrogen and oxygen atoms in total. The number of methoxy groups -OCH3 is 2. The maximum absolute atomic E-state index is 14.0. The van der Waals surface area contributed by atoms with Crippen molar-refractivity contribution in [1.29, 1.82) is 0 Å². The molecule has 2 aromatic rings. The first-order chi connectivity index (χ1) is 11.6. The lowest BCUT2D eigenvalue weighted by Gasteiger charge is -2.19. The van der Waals surface area contributed by atoms with Crippen LogP contribution in [-0.4, -0.2) is 27.4 Å². The largest absolute Gasteiger partial charge is 0.494 e. The summed E-state index contributed by atoms with van der Waals surface area (Å²) in [5.41, 5.74) is 7.77. The van der Waals surface area contributed by atoms with E-state index in [9.17, 15) is 4.39 Å². The van der Waals surface area contributed by atoms with Gasteiger partial charge in [-0.1, -0.05) is 18.2 Å². The van der Waals surface area contributed by atoms with Crippen LogP contribution in [0.15, 0.2) is 36.4 Å². The summed E-state index contributed by atoms with van der Waals surface area (Å²) >= 11 is 0. The van der Waals surface area contributed by atoms with Crippen molar-refractivity contribution < 1.29 is 18.6 Å². The van der Waals surface area contributed by atoms with E-state index in [1.165, 1.54) is 13.2 Å². The molecule has 24 heavy (non-hydrogen) atoms. The zero-order valence-electron chi connectivity index (χ0n) is 14.3. The number of para-hydroxylation sites is 1. The molecule has 5 heteroatoms. The second-order valence-corrected chi connectivity index (χ2v) is 5.41. The molecule has 0 amide bonds. The third kappa shape index (κ3) is 3.97. The zero-order valence-corrected chi connectivity index (χ0v) is 14.3. The Balaban J connectivity index is 2.32. The van der Waals surface area contributed by atoms with Gasteiger partial charge in [0.15, 0.2) is 23.1 Å². The highest BCUT2D eigenvalue weighted by Gasteiger charge is 2.18. The average molecular weight is 333 g/mol. The van der Waals surface area contributed by atoms with Crippen LogP contribution < -0.4 is 19.9 Å². The van der Waals surface area contributed by atoms with E-state index < -0.39 is 0 Å². The second-order valence-electron chi connectivity index (χ2n) is 5.41. The molecule has 130 valence electrons. The number of benzene rings is 2. The quantitative estimate of drug-likeness (QED) is 0.803. The summed E-state index contributed by atoms with van der Waals surface area (Å²) in [7, 11) is 3.06. The third-order valence-electron chi connectivity index (χ3n) is 3.97. The summed E-state index contributed by atoms with van der Waals surface area (Å²) in [6, 6.07) is 10.7. The maximum atomic E-state index is 14.0. The number of hydrogen-bond acceptors (Lipinski definition) is 4. The zero-order chi connectivity index (χ0) is 17.5. The van der Waals surface area contributed by atoms with Crippen LogP contribution in [-0.2, 0) is 6.42 Å². The second kappa shape index (κ2) is 8.55. The molecule has 2 rings (SSSR count). The molecule has 0 heterocycles. The summed E-state index contributed by atoms with van der Waals surface area (Å²) in [6.07, 6.45) is 0.634. The monoisotopic (exact) mass is 333 g/mol. The van der Waals surface area contributed by atoms with E-state index in [4.69, 9.17) is 19.9 Å². The predicted molar refractivity (Wildman–Crippen MR) is 92.6 cm³/mol. The molecule has 0 radical (unpaired) electrons. The summed E-state index contributed by atoms with van der Waals surface area (Å²) in [5, 5.41) is 0. The van der Waals surface area contributed by atoms with Crippen molar-refractivity contribution >= 4 is 0 Å². The van der Waals surface area contributed by atoms with E-state index in [2.05, 4.69) is 0 Å². The molecular formula is C19H24FNO3. The summed E-state index contributed by atoms with van der Waals surface area (Å²) in [6.45, 7) is 2.86. The lowest BCUT2D eigenvalue weighted by Crippen LogP contribution is -2.16. The molecule has 0 aliphatic rings. The van der Waals surface area contributed by atoms with Gasteiger partial charge in [0.05, 0.1) is 20.8 Å². The first-order valence-corrected chi connectivity index (χ1v) is 7.96. The molecule has 0 saturated heterocycles.